The number of hydrogen-bond acceptors (Lipinski definition) is 4. The average Bonchev–Trinajstić information content (AvgIpc) is 2.78. The van der Waals surface area contributed by atoms with E-state index in [-0.39, 0.29) is 5.69 Å². The molecule has 1 aliphatic heterocycles. The Balaban J connectivity index is 1.99. The number of rotatable bonds is 3. The fourth-order valence-electron chi connectivity index (χ4n) is 2.48. The third-order valence-corrected chi connectivity index (χ3v) is 3.54. The standard InChI is InChI=1S/C14H17N3O3/c1-10-2-3-17-11(8-10)13(14(18)19)15-12(17)9-16-4-6-20-7-5-16/h2-3,8H,4-7,9H2,1H3,(H,18,19). The summed E-state index contributed by atoms with van der Waals surface area (Å²) >= 11 is 0. The van der Waals surface area contributed by atoms with Crippen LogP contribution in [0.25, 0.3) is 5.52 Å². The number of ether oxygens (including phenoxy) is 1. The van der Waals surface area contributed by atoms with Gasteiger partial charge in [0.05, 0.1) is 25.3 Å². The van der Waals surface area contributed by atoms with Crippen molar-refractivity contribution < 1.29 is 14.6 Å². The number of hydrogen-bond donors (Lipinski definition) is 1. The highest BCUT2D eigenvalue weighted by Crippen LogP contribution is 2.17. The molecule has 1 saturated heterocycles. The lowest BCUT2D eigenvalue weighted by Gasteiger charge is -2.25. The summed E-state index contributed by atoms with van der Waals surface area (Å²) in [5.74, 6) is -0.222. The molecule has 2 aromatic rings. The van der Waals surface area contributed by atoms with E-state index in [1.165, 1.54) is 0 Å². The number of carbonyl (C=O) groups is 1. The van der Waals surface area contributed by atoms with Gasteiger partial charge in [-0.1, -0.05) is 0 Å². The average molecular weight is 275 g/mol. The second kappa shape index (κ2) is 5.22. The molecule has 0 saturated carbocycles. The Hall–Kier alpha value is -1.92. The minimum atomic E-state index is -0.985. The van der Waals surface area contributed by atoms with Gasteiger partial charge in [0.25, 0.3) is 0 Å². The van der Waals surface area contributed by atoms with E-state index in [1.807, 2.05) is 29.7 Å². The van der Waals surface area contributed by atoms with Crippen LogP contribution in [0.4, 0.5) is 0 Å². The van der Waals surface area contributed by atoms with Gasteiger partial charge in [0, 0.05) is 19.3 Å². The molecule has 0 atom stereocenters. The molecule has 3 rings (SSSR count). The summed E-state index contributed by atoms with van der Waals surface area (Å²) in [5.41, 5.74) is 1.80. The van der Waals surface area contributed by atoms with Crippen molar-refractivity contribution in [1.29, 1.82) is 0 Å². The van der Waals surface area contributed by atoms with Crippen molar-refractivity contribution in [2.24, 2.45) is 0 Å². The number of aromatic carboxylic acids is 1. The highest BCUT2D eigenvalue weighted by atomic mass is 16.5. The largest absolute Gasteiger partial charge is 0.476 e. The maximum atomic E-state index is 11.3. The number of morpholine rings is 1. The third-order valence-electron chi connectivity index (χ3n) is 3.54. The van der Waals surface area contributed by atoms with Gasteiger partial charge in [-0.05, 0) is 24.6 Å². The minimum absolute atomic E-state index is 0.122. The zero-order chi connectivity index (χ0) is 14.1. The van der Waals surface area contributed by atoms with E-state index < -0.39 is 5.97 Å². The number of aromatic nitrogens is 2. The second-order valence-electron chi connectivity index (χ2n) is 5.03. The van der Waals surface area contributed by atoms with Crippen LogP contribution in [0.15, 0.2) is 18.3 Å². The normalized spacial score (nSPS) is 16.6. The molecule has 1 aliphatic rings. The first-order valence-corrected chi connectivity index (χ1v) is 6.66. The van der Waals surface area contributed by atoms with Crippen molar-refractivity contribution in [3.05, 3.63) is 35.4 Å². The van der Waals surface area contributed by atoms with E-state index in [0.717, 1.165) is 24.5 Å². The van der Waals surface area contributed by atoms with Crippen molar-refractivity contribution in [3.8, 4) is 0 Å². The molecule has 0 aromatic carbocycles. The number of fused-ring (bicyclic) bond motifs is 1. The third kappa shape index (κ3) is 2.39. The maximum absolute atomic E-state index is 11.3. The number of aryl methyl sites for hydroxylation is 1. The summed E-state index contributed by atoms with van der Waals surface area (Å²) in [6.07, 6.45) is 1.89. The summed E-state index contributed by atoms with van der Waals surface area (Å²) in [6, 6.07) is 3.82. The Kier molecular flexibility index (Phi) is 3.42. The number of carboxylic acid groups (broad SMARTS) is 1. The molecule has 6 heteroatoms. The van der Waals surface area contributed by atoms with E-state index >= 15 is 0 Å². The molecule has 0 spiro atoms. The Morgan fingerprint density at radius 2 is 2.20 bits per heavy atom. The number of carboxylic acids is 1. The SMILES string of the molecule is Cc1ccn2c(CN3CCOCC3)nc(C(=O)O)c2c1. The van der Waals surface area contributed by atoms with E-state index in [0.29, 0.717) is 25.3 Å². The highest BCUT2D eigenvalue weighted by Gasteiger charge is 2.19. The van der Waals surface area contributed by atoms with Gasteiger partial charge in [0.2, 0.25) is 0 Å². The predicted molar refractivity (Wildman–Crippen MR) is 73.0 cm³/mol. The van der Waals surface area contributed by atoms with E-state index in [1.54, 1.807) is 0 Å². The molecule has 0 aliphatic carbocycles. The van der Waals surface area contributed by atoms with Gasteiger partial charge in [-0.3, -0.25) is 4.90 Å². The van der Waals surface area contributed by atoms with Gasteiger partial charge < -0.3 is 14.2 Å². The lowest BCUT2D eigenvalue weighted by Crippen LogP contribution is -2.36. The Morgan fingerprint density at radius 1 is 1.45 bits per heavy atom. The Labute approximate surface area is 116 Å². The van der Waals surface area contributed by atoms with Gasteiger partial charge >= 0.3 is 5.97 Å². The quantitative estimate of drug-likeness (QED) is 0.911. The van der Waals surface area contributed by atoms with Crippen LogP contribution in [-0.2, 0) is 11.3 Å². The molecule has 6 nitrogen and oxygen atoms in total. The first-order valence-electron chi connectivity index (χ1n) is 6.66. The monoisotopic (exact) mass is 275 g/mol. The maximum Gasteiger partial charge on any atom is 0.356 e. The predicted octanol–water partition coefficient (Wildman–Crippen LogP) is 1.17. The van der Waals surface area contributed by atoms with Crippen LogP contribution < -0.4 is 0 Å². The highest BCUT2D eigenvalue weighted by molar-refractivity contribution is 5.93. The molecule has 106 valence electrons. The molecular formula is C14H17N3O3. The van der Waals surface area contributed by atoms with Crippen molar-refractivity contribution in [2.75, 3.05) is 26.3 Å². The zero-order valence-electron chi connectivity index (χ0n) is 11.4. The van der Waals surface area contributed by atoms with Crippen LogP contribution >= 0.6 is 0 Å². The van der Waals surface area contributed by atoms with Gasteiger partial charge in [-0.25, -0.2) is 9.78 Å². The van der Waals surface area contributed by atoms with Crippen LogP contribution in [0.3, 0.4) is 0 Å². The van der Waals surface area contributed by atoms with Crippen LogP contribution in [0.5, 0.6) is 0 Å². The van der Waals surface area contributed by atoms with E-state index in [4.69, 9.17) is 4.74 Å². The fraction of sp³-hybridized carbons (Fsp3) is 0.429. The molecule has 0 unspecified atom stereocenters. The Morgan fingerprint density at radius 3 is 2.90 bits per heavy atom. The van der Waals surface area contributed by atoms with E-state index in [9.17, 15) is 9.90 Å². The summed E-state index contributed by atoms with van der Waals surface area (Å²) in [4.78, 5) is 17.9. The molecule has 3 heterocycles. The molecule has 0 radical (unpaired) electrons. The second-order valence-corrected chi connectivity index (χ2v) is 5.03. The van der Waals surface area contributed by atoms with Crippen LogP contribution in [-0.4, -0.2) is 51.7 Å². The summed E-state index contributed by atoms with van der Waals surface area (Å²) in [5, 5.41) is 9.28. The number of nitrogens with zero attached hydrogens (tertiary/aromatic N) is 3. The number of pyridine rings is 1. The zero-order valence-corrected chi connectivity index (χ0v) is 11.4. The van der Waals surface area contributed by atoms with Gasteiger partial charge in [-0.2, -0.15) is 0 Å². The van der Waals surface area contributed by atoms with Crippen molar-refractivity contribution in [3.63, 3.8) is 0 Å². The van der Waals surface area contributed by atoms with Gasteiger partial charge in [0.15, 0.2) is 5.69 Å². The minimum Gasteiger partial charge on any atom is -0.476 e. The van der Waals surface area contributed by atoms with Crippen LogP contribution in [0.2, 0.25) is 0 Å². The van der Waals surface area contributed by atoms with Crippen molar-refractivity contribution in [1.82, 2.24) is 14.3 Å². The van der Waals surface area contributed by atoms with Gasteiger partial charge in [0.1, 0.15) is 5.82 Å². The summed E-state index contributed by atoms with van der Waals surface area (Å²) < 4.78 is 7.19. The summed E-state index contributed by atoms with van der Waals surface area (Å²) in [7, 11) is 0. The topological polar surface area (TPSA) is 67.1 Å². The van der Waals surface area contributed by atoms with Crippen LogP contribution in [0.1, 0.15) is 21.9 Å². The molecule has 20 heavy (non-hydrogen) atoms. The molecular weight excluding hydrogens is 258 g/mol. The summed E-state index contributed by atoms with van der Waals surface area (Å²) in [6.45, 7) is 5.72. The van der Waals surface area contributed by atoms with E-state index in [2.05, 4.69) is 9.88 Å². The van der Waals surface area contributed by atoms with Crippen molar-refractivity contribution >= 4 is 11.5 Å². The molecule has 2 aromatic heterocycles. The van der Waals surface area contributed by atoms with Gasteiger partial charge in [-0.15, -0.1) is 0 Å². The molecule has 1 fully saturated rings. The fourth-order valence-corrected chi connectivity index (χ4v) is 2.48. The first kappa shape index (κ1) is 13.1. The first-order chi connectivity index (χ1) is 9.65. The smallest absolute Gasteiger partial charge is 0.356 e. The number of imidazole rings is 1. The van der Waals surface area contributed by atoms with Crippen molar-refractivity contribution in [2.45, 2.75) is 13.5 Å². The molecule has 1 N–H and O–H groups in total. The van der Waals surface area contributed by atoms with Crippen LogP contribution in [0, 0.1) is 6.92 Å². The molecule has 0 bridgehead atoms. The molecule has 0 amide bonds. The Bertz CT molecular complexity index is 644. The lowest BCUT2D eigenvalue weighted by molar-refractivity contribution is 0.0329. The lowest BCUT2D eigenvalue weighted by atomic mass is 10.2.